The van der Waals surface area contributed by atoms with Crippen molar-refractivity contribution < 1.29 is 4.79 Å². The molecule has 1 aliphatic carbocycles. The largest absolute Gasteiger partial charge is 0.334 e. The van der Waals surface area contributed by atoms with Gasteiger partial charge in [0.05, 0.1) is 23.8 Å². The lowest BCUT2D eigenvalue weighted by Gasteiger charge is -2.26. The summed E-state index contributed by atoms with van der Waals surface area (Å²) in [5.41, 5.74) is 1.85. The van der Waals surface area contributed by atoms with Crippen molar-refractivity contribution >= 4 is 5.91 Å². The quantitative estimate of drug-likeness (QED) is 0.859. The van der Waals surface area contributed by atoms with Gasteiger partial charge in [0.2, 0.25) is 0 Å². The molecule has 0 N–H and O–H groups in total. The summed E-state index contributed by atoms with van der Waals surface area (Å²) < 4.78 is 3.75. The van der Waals surface area contributed by atoms with Crippen LogP contribution >= 0.6 is 0 Å². The van der Waals surface area contributed by atoms with Crippen LogP contribution in [0.2, 0.25) is 0 Å². The van der Waals surface area contributed by atoms with Gasteiger partial charge in [-0.1, -0.05) is 19.3 Å². The van der Waals surface area contributed by atoms with Crippen molar-refractivity contribution in [3.8, 4) is 0 Å². The van der Waals surface area contributed by atoms with E-state index in [9.17, 15) is 4.79 Å². The van der Waals surface area contributed by atoms with Crippen molar-refractivity contribution in [1.29, 1.82) is 0 Å². The van der Waals surface area contributed by atoms with Crippen molar-refractivity contribution in [3.05, 3.63) is 35.9 Å². The van der Waals surface area contributed by atoms with Crippen LogP contribution in [0.15, 0.2) is 24.7 Å². The standard InChI is InChI=1S/C19H27N5O/c1-22-14-17(18(21-22)15-7-3-2-4-8-15)19(25)24-12-5-9-16(24)13-23-11-6-10-20-23/h6,10-11,14-16H,2-5,7-9,12-13H2,1H3. The molecule has 1 atom stereocenters. The Morgan fingerprint density at radius 1 is 1.20 bits per heavy atom. The van der Waals surface area contributed by atoms with Gasteiger partial charge in [-0.15, -0.1) is 0 Å². The minimum Gasteiger partial charge on any atom is -0.334 e. The third-order valence-electron chi connectivity index (χ3n) is 5.67. The Bertz CT molecular complexity index is 714. The number of carbonyl (C=O) groups excluding carboxylic acids is 1. The Labute approximate surface area is 148 Å². The zero-order chi connectivity index (χ0) is 17.2. The summed E-state index contributed by atoms with van der Waals surface area (Å²) >= 11 is 0. The molecule has 2 fully saturated rings. The Balaban J connectivity index is 1.55. The predicted octanol–water partition coefficient (Wildman–Crippen LogP) is 2.97. The second-order valence-corrected chi connectivity index (χ2v) is 7.46. The average Bonchev–Trinajstić information content (AvgIpc) is 3.36. The Morgan fingerprint density at radius 2 is 2.04 bits per heavy atom. The maximum Gasteiger partial charge on any atom is 0.257 e. The van der Waals surface area contributed by atoms with Gasteiger partial charge in [0.25, 0.3) is 5.91 Å². The van der Waals surface area contributed by atoms with E-state index in [2.05, 4.69) is 10.2 Å². The number of rotatable bonds is 4. The zero-order valence-electron chi connectivity index (χ0n) is 15.0. The molecule has 0 spiro atoms. The lowest BCUT2D eigenvalue weighted by atomic mass is 9.85. The van der Waals surface area contributed by atoms with E-state index >= 15 is 0 Å². The molecule has 1 amide bonds. The smallest absolute Gasteiger partial charge is 0.257 e. The van der Waals surface area contributed by atoms with Gasteiger partial charge < -0.3 is 4.90 Å². The van der Waals surface area contributed by atoms with Crippen LogP contribution in [0.3, 0.4) is 0 Å². The number of carbonyl (C=O) groups is 1. The first-order valence-corrected chi connectivity index (χ1v) is 9.54. The van der Waals surface area contributed by atoms with Crippen LogP contribution in [0, 0.1) is 0 Å². The summed E-state index contributed by atoms with van der Waals surface area (Å²) in [6, 6.07) is 2.16. The van der Waals surface area contributed by atoms with Crippen LogP contribution in [0.4, 0.5) is 0 Å². The molecule has 2 aromatic heterocycles. The molecule has 0 bridgehead atoms. The predicted molar refractivity (Wildman–Crippen MR) is 95.3 cm³/mol. The Kier molecular flexibility index (Phi) is 4.59. The second kappa shape index (κ2) is 7.02. The molecule has 6 heteroatoms. The highest BCUT2D eigenvalue weighted by Crippen LogP contribution is 2.34. The van der Waals surface area contributed by atoms with E-state index < -0.39 is 0 Å². The van der Waals surface area contributed by atoms with Gasteiger partial charge >= 0.3 is 0 Å². The van der Waals surface area contributed by atoms with Crippen LogP contribution in [0.25, 0.3) is 0 Å². The van der Waals surface area contributed by atoms with Crippen LogP contribution in [0.5, 0.6) is 0 Å². The highest BCUT2D eigenvalue weighted by molar-refractivity contribution is 5.95. The van der Waals surface area contributed by atoms with Gasteiger partial charge in [0, 0.05) is 38.1 Å². The molecule has 6 nitrogen and oxygen atoms in total. The van der Waals surface area contributed by atoms with Crippen LogP contribution in [0.1, 0.15) is 66.9 Å². The highest BCUT2D eigenvalue weighted by atomic mass is 16.2. The van der Waals surface area contributed by atoms with Crippen LogP contribution in [-0.4, -0.2) is 43.0 Å². The normalized spacial score (nSPS) is 21.8. The van der Waals surface area contributed by atoms with E-state index in [4.69, 9.17) is 0 Å². The van der Waals surface area contributed by atoms with Gasteiger partial charge in [0.1, 0.15) is 0 Å². The summed E-state index contributed by atoms with van der Waals surface area (Å²) in [6.45, 7) is 1.61. The maximum absolute atomic E-state index is 13.3. The fourth-order valence-electron chi connectivity index (χ4n) is 4.42. The van der Waals surface area contributed by atoms with Gasteiger partial charge in [-0.05, 0) is 31.7 Å². The van der Waals surface area contributed by atoms with Crippen LogP contribution < -0.4 is 0 Å². The molecule has 2 aromatic rings. The first kappa shape index (κ1) is 16.4. The maximum atomic E-state index is 13.3. The van der Waals surface area contributed by atoms with E-state index in [1.54, 1.807) is 6.20 Å². The number of aromatic nitrogens is 4. The molecule has 0 radical (unpaired) electrons. The topological polar surface area (TPSA) is 56.0 Å². The van der Waals surface area contributed by atoms with Crippen molar-refractivity contribution in [2.24, 2.45) is 7.05 Å². The molecule has 4 rings (SSSR count). The average molecular weight is 341 g/mol. The third kappa shape index (κ3) is 3.34. The van der Waals surface area contributed by atoms with Crippen molar-refractivity contribution in [3.63, 3.8) is 0 Å². The Morgan fingerprint density at radius 3 is 2.80 bits per heavy atom. The summed E-state index contributed by atoms with van der Waals surface area (Å²) in [7, 11) is 1.92. The second-order valence-electron chi connectivity index (χ2n) is 7.46. The summed E-state index contributed by atoms with van der Waals surface area (Å²) in [5.74, 6) is 0.601. The molecule has 1 aliphatic heterocycles. The molecular formula is C19H27N5O. The van der Waals surface area contributed by atoms with E-state index in [-0.39, 0.29) is 11.9 Å². The number of amides is 1. The minimum atomic E-state index is 0.156. The van der Waals surface area contributed by atoms with Crippen molar-refractivity contribution in [1.82, 2.24) is 24.5 Å². The number of hydrogen-bond donors (Lipinski definition) is 0. The molecule has 0 aromatic carbocycles. The fraction of sp³-hybridized carbons (Fsp3) is 0.632. The van der Waals surface area contributed by atoms with Gasteiger partial charge in [-0.3, -0.25) is 14.2 Å². The molecule has 1 unspecified atom stereocenters. The SMILES string of the molecule is Cn1cc(C(=O)N2CCCC2Cn2cccn2)c(C2CCCCC2)n1. The van der Waals surface area contributed by atoms with Gasteiger partial charge in [0.15, 0.2) is 0 Å². The summed E-state index contributed by atoms with van der Waals surface area (Å²) in [6.07, 6.45) is 13.9. The van der Waals surface area contributed by atoms with E-state index in [0.29, 0.717) is 5.92 Å². The minimum absolute atomic E-state index is 0.156. The summed E-state index contributed by atoms with van der Waals surface area (Å²) in [5, 5.41) is 8.98. The lowest BCUT2D eigenvalue weighted by molar-refractivity contribution is 0.0719. The van der Waals surface area contributed by atoms with E-state index in [1.165, 1.54) is 19.3 Å². The monoisotopic (exact) mass is 341 g/mol. The summed E-state index contributed by atoms with van der Waals surface area (Å²) in [4.78, 5) is 15.4. The fourth-order valence-corrected chi connectivity index (χ4v) is 4.42. The molecule has 25 heavy (non-hydrogen) atoms. The third-order valence-corrected chi connectivity index (χ3v) is 5.67. The van der Waals surface area contributed by atoms with E-state index in [1.807, 2.05) is 39.8 Å². The molecular weight excluding hydrogens is 314 g/mol. The van der Waals surface area contributed by atoms with Crippen molar-refractivity contribution in [2.75, 3.05) is 6.54 Å². The first-order chi connectivity index (χ1) is 12.2. The zero-order valence-corrected chi connectivity index (χ0v) is 15.0. The highest BCUT2D eigenvalue weighted by Gasteiger charge is 2.33. The molecule has 1 saturated heterocycles. The molecule has 1 saturated carbocycles. The van der Waals surface area contributed by atoms with Crippen molar-refractivity contribution in [2.45, 2.75) is 63.5 Å². The number of aryl methyl sites for hydroxylation is 1. The first-order valence-electron chi connectivity index (χ1n) is 9.54. The van der Waals surface area contributed by atoms with Gasteiger partial charge in [-0.25, -0.2) is 0 Å². The van der Waals surface area contributed by atoms with E-state index in [0.717, 1.165) is 50.0 Å². The number of nitrogens with zero attached hydrogens (tertiary/aromatic N) is 5. The Hall–Kier alpha value is -2.11. The van der Waals surface area contributed by atoms with Gasteiger partial charge in [-0.2, -0.15) is 10.2 Å². The molecule has 2 aliphatic rings. The lowest BCUT2D eigenvalue weighted by Crippen LogP contribution is -2.38. The molecule has 3 heterocycles. The molecule has 134 valence electrons. The number of likely N-dealkylation sites (tertiary alicyclic amines) is 1. The number of hydrogen-bond acceptors (Lipinski definition) is 3. The van der Waals surface area contributed by atoms with Crippen LogP contribution in [-0.2, 0) is 13.6 Å².